The summed E-state index contributed by atoms with van der Waals surface area (Å²) in [6.07, 6.45) is -2.61. The Bertz CT molecular complexity index is 1230. The van der Waals surface area contributed by atoms with Crippen molar-refractivity contribution in [3.8, 4) is 0 Å². The van der Waals surface area contributed by atoms with Gasteiger partial charge in [0.1, 0.15) is 12.6 Å². The maximum absolute atomic E-state index is 13.9. The summed E-state index contributed by atoms with van der Waals surface area (Å²) in [6, 6.07) is 4.86. The molecule has 1 aliphatic heterocycles. The molecule has 4 amide bonds. The number of morpholine rings is 1. The van der Waals surface area contributed by atoms with Gasteiger partial charge in [0.15, 0.2) is 0 Å². The number of nitrogens with one attached hydrogen (secondary N) is 3. The van der Waals surface area contributed by atoms with Gasteiger partial charge >= 0.3 is 6.18 Å². The third-order valence-electron chi connectivity index (χ3n) is 6.22. The highest BCUT2D eigenvalue weighted by molar-refractivity contribution is 7.18. The molecule has 3 N–H and O–H groups in total. The highest BCUT2D eigenvalue weighted by atomic mass is 35.5. The van der Waals surface area contributed by atoms with Gasteiger partial charge in [0.25, 0.3) is 11.8 Å². The summed E-state index contributed by atoms with van der Waals surface area (Å²) in [4.78, 5) is 51.4. The van der Waals surface area contributed by atoms with E-state index in [4.69, 9.17) is 16.3 Å². The second-order valence-electron chi connectivity index (χ2n) is 8.82. The number of ether oxygens (including phenoxy) is 1. The molecule has 9 nitrogen and oxygen atoms in total. The molecular formula is C24H24ClF3N4O5S. The van der Waals surface area contributed by atoms with Crippen LogP contribution in [0.1, 0.15) is 34.5 Å². The molecule has 0 spiro atoms. The number of rotatable bonds is 8. The van der Waals surface area contributed by atoms with Crippen LogP contribution in [0.15, 0.2) is 30.3 Å². The quantitative estimate of drug-likeness (QED) is 0.448. The molecule has 1 aromatic carbocycles. The van der Waals surface area contributed by atoms with Gasteiger partial charge in [-0.05, 0) is 43.2 Å². The molecule has 38 heavy (non-hydrogen) atoms. The van der Waals surface area contributed by atoms with E-state index in [1.807, 2.05) is 0 Å². The Morgan fingerprint density at radius 3 is 2.55 bits per heavy atom. The monoisotopic (exact) mass is 572 g/mol. The van der Waals surface area contributed by atoms with Gasteiger partial charge in [0.05, 0.1) is 27.1 Å². The number of anilines is 2. The van der Waals surface area contributed by atoms with Crippen molar-refractivity contribution in [1.29, 1.82) is 0 Å². The van der Waals surface area contributed by atoms with Gasteiger partial charge in [-0.2, -0.15) is 13.2 Å². The molecule has 2 fully saturated rings. The largest absolute Gasteiger partial charge is 0.418 e. The molecule has 2 heterocycles. The fourth-order valence-electron chi connectivity index (χ4n) is 3.97. The highest BCUT2D eigenvalue weighted by Gasteiger charge is 2.37. The Morgan fingerprint density at radius 1 is 1.18 bits per heavy atom. The van der Waals surface area contributed by atoms with Crippen LogP contribution in [0.4, 0.5) is 24.5 Å². The van der Waals surface area contributed by atoms with E-state index in [2.05, 4.69) is 16.0 Å². The van der Waals surface area contributed by atoms with Crippen LogP contribution in [0.25, 0.3) is 0 Å². The van der Waals surface area contributed by atoms with Gasteiger partial charge < -0.3 is 25.6 Å². The van der Waals surface area contributed by atoms with Crippen LogP contribution >= 0.6 is 22.9 Å². The zero-order valence-corrected chi connectivity index (χ0v) is 21.5. The molecule has 2 aromatic rings. The van der Waals surface area contributed by atoms with Crippen LogP contribution < -0.4 is 20.9 Å². The summed E-state index contributed by atoms with van der Waals surface area (Å²) >= 11 is 6.89. The molecule has 1 saturated heterocycles. The summed E-state index contributed by atoms with van der Waals surface area (Å²) in [5, 5.41) is 7.53. The fourth-order valence-corrected chi connectivity index (χ4v) is 4.93. The van der Waals surface area contributed by atoms with Crippen LogP contribution in [-0.2, 0) is 25.3 Å². The average Bonchev–Trinajstić information content (AvgIpc) is 3.26. The lowest BCUT2D eigenvalue weighted by atomic mass is 9.84. The van der Waals surface area contributed by atoms with Gasteiger partial charge in [-0.15, -0.1) is 11.3 Å². The van der Waals surface area contributed by atoms with Gasteiger partial charge in [-0.1, -0.05) is 18.0 Å². The zero-order valence-electron chi connectivity index (χ0n) is 19.9. The molecular weight excluding hydrogens is 549 g/mol. The molecule has 0 bridgehead atoms. The predicted molar refractivity (Wildman–Crippen MR) is 134 cm³/mol. The molecule has 14 heteroatoms. The minimum Gasteiger partial charge on any atom is -0.370 e. The van der Waals surface area contributed by atoms with E-state index in [0.717, 1.165) is 34.8 Å². The maximum atomic E-state index is 13.9. The number of benzene rings is 1. The average molecular weight is 573 g/mol. The molecule has 1 atom stereocenters. The summed E-state index contributed by atoms with van der Waals surface area (Å²) in [7, 11) is 0. The molecule has 0 unspecified atom stereocenters. The molecule has 0 radical (unpaired) electrons. The Labute approximate surface area is 224 Å². The van der Waals surface area contributed by atoms with Gasteiger partial charge in [0.2, 0.25) is 11.8 Å². The van der Waals surface area contributed by atoms with E-state index in [-0.39, 0.29) is 49.5 Å². The Morgan fingerprint density at radius 2 is 1.95 bits per heavy atom. The topological polar surface area (TPSA) is 117 Å². The maximum Gasteiger partial charge on any atom is 0.418 e. The van der Waals surface area contributed by atoms with Crippen LogP contribution in [0.5, 0.6) is 0 Å². The summed E-state index contributed by atoms with van der Waals surface area (Å²) < 4.78 is 47.1. The number of nitrogens with zero attached hydrogens (tertiary/aromatic N) is 1. The molecule has 1 aromatic heterocycles. The van der Waals surface area contributed by atoms with Gasteiger partial charge in [-0.25, -0.2) is 0 Å². The third-order valence-corrected chi connectivity index (χ3v) is 7.45. The summed E-state index contributed by atoms with van der Waals surface area (Å²) in [5.74, 6) is -2.58. The Kier molecular flexibility index (Phi) is 8.58. The van der Waals surface area contributed by atoms with Crippen molar-refractivity contribution < 1.29 is 37.1 Å². The molecule has 4 rings (SSSR count). The number of hydrogen-bond donors (Lipinski definition) is 3. The van der Waals surface area contributed by atoms with Crippen LogP contribution in [-0.4, -0.2) is 56.0 Å². The minimum atomic E-state index is -4.82. The summed E-state index contributed by atoms with van der Waals surface area (Å²) in [5.41, 5.74) is -1.64. The molecule has 204 valence electrons. The van der Waals surface area contributed by atoms with E-state index in [1.165, 1.54) is 18.2 Å². The Balaban J connectivity index is 1.52. The first-order chi connectivity index (χ1) is 18.0. The number of halogens is 4. The van der Waals surface area contributed by atoms with Gasteiger partial charge in [0, 0.05) is 24.7 Å². The first-order valence-corrected chi connectivity index (χ1v) is 13.0. The van der Waals surface area contributed by atoms with E-state index < -0.39 is 35.5 Å². The zero-order chi connectivity index (χ0) is 27.4. The fraction of sp³-hybridized carbons (Fsp3) is 0.417. The van der Waals surface area contributed by atoms with E-state index in [9.17, 15) is 32.3 Å². The lowest BCUT2D eigenvalue weighted by Gasteiger charge is -2.29. The lowest BCUT2D eigenvalue weighted by Crippen LogP contribution is -2.52. The number of amides is 4. The van der Waals surface area contributed by atoms with Crippen LogP contribution in [0.2, 0.25) is 4.34 Å². The van der Waals surface area contributed by atoms with Crippen molar-refractivity contribution in [1.82, 2.24) is 10.6 Å². The molecule has 2 aliphatic rings. The SMILES string of the molecule is O=C(NC[C@H](NC(=O)C1CCC1)C(=O)Nc1ccc(N2CCOCC2=O)c(C(F)(F)F)c1)c1ccc(Cl)s1. The van der Waals surface area contributed by atoms with Crippen molar-refractivity contribution in [3.05, 3.63) is 45.1 Å². The smallest absolute Gasteiger partial charge is 0.370 e. The number of carbonyl (C=O) groups excluding carboxylic acids is 4. The van der Waals surface area contributed by atoms with Crippen molar-refractivity contribution in [2.75, 3.05) is 36.5 Å². The van der Waals surface area contributed by atoms with Gasteiger partial charge in [-0.3, -0.25) is 19.2 Å². The van der Waals surface area contributed by atoms with E-state index in [0.29, 0.717) is 22.1 Å². The van der Waals surface area contributed by atoms with E-state index >= 15 is 0 Å². The first-order valence-electron chi connectivity index (χ1n) is 11.8. The first kappa shape index (κ1) is 27.9. The third kappa shape index (κ3) is 6.63. The number of carbonyl (C=O) groups is 4. The standard InChI is InChI=1S/C24H24ClF3N4O5S/c25-19-7-6-18(38-19)23(36)29-11-16(31-21(34)13-2-1-3-13)22(35)30-14-4-5-17(15(10-14)24(26,27)28)32-8-9-37-12-20(32)33/h4-7,10,13,16H,1-3,8-9,11-12H2,(H,29,36)(H,30,35)(H,31,34)/t16-/m0/s1. The number of thiophene rings is 1. The summed E-state index contributed by atoms with van der Waals surface area (Å²) in [6.45, 7) is -0.585. The number of alkyl halides is 3. The molecule has 1 saturated carbocycles. The Hall–Kier alpha value is -3.16. The normalized spacial score (nSPS) is 16.9. The predicted octanol–water partition coefficient (Wildman–Crippen LogP) is 3.44. The van der Waals surface area contributed by atoms with Crippen molar-refractivity contribution in [2.45, 2.75) is 31.5 Å². The second kappa shape index (κ2) is 11.7. The highest BCUT2D eigenvalue weighted by Crippen LogP contribution is 2.39. The van der Waals surface area contributed by atoms with Crippen LogP contribution in [0, 0.1) is 5.92 Å². The van der Waals surface area contributed by atoms with Crippen molar-refractivity contribution in [2.24, 2.45) is 5.92 Å². The number of hydrogen-bond acceptors (Lipinski definition) is 6. The second-order valence-corrected chi connectivity index (χ2v) is 10.5. The minimum absolute atomic E-state index is 0.0436. The van der Waals surface area contributed by atoms with Crippen LogP contribution in [0.3, 0.4) is 0 Å². The lowest BCUT2D eigenvalue weighted by molar-refractivity contribution is -0.137. The van der Waals surface area contributed by atoms with E-state index in [1.54, 1.807) is 0 Å². The van der Waals surface area contributed by atoms with Crippen molar-refractivity contribution in [3.63, 3.8) is 0 Å². The molecule has 1 aliphatic carbocycles. The van der Waals surface area contributed by atoms with Crippen molar-refractivity contribution >= 4 is 57.9 Å².